The molecule has 0 unspecified atom stereocenters. The van der Waals surface area contributed by atoms with Crippen LogP contribution in [0.5, 0.6) is 0 Å². The number of hydrogen-bond donors (Lipinski definition) is 1. The smallest absolute Gasteiger partial charge is 0.151 e. The number of nitrogens with one attached hydrogen (secondary N) is 1. The highest BCUT2D eigenvalue weighted by Gasteiger charge is 2.39. The minimum atomic E-state index is 0.0923. The summed E-state index contributed by atoms with van der Waals surface area (Å²) in [4.78, 5) is 2.26. The Bertz CT molecular complexity index is 931. The molecule has 2 aromatic heterocycles. The van der Waals surface area contributed by atoms with Crippen molar-refractivity contribution in [3.8, 4) is 11.3 Å². The van der Waals surface area contributed by atoms with Gasteiger partial charge in [0.15, 0.2) is 5.82 Å². The average Bonchev–Trinajstić information content (AvgIpc) is 3.06. The summed E-state index contributed by atoms with van der Waals surface area (Å²) in [5, 5.41) is 20.4. The van der Waals surface area contributed by atoms with Crippen LogP contribution in [0, 0.1) is 0 Å². The highest BCUT2D eigenvalue weighted by atomic mass is 16.6. The molecule has 0 saturated carbocycles. The molecular weight excluding hydrogens is 340 g/mol. The molecule has 142 valence electrons. The van der Waals surface area contributed by atoms with Gasteiger partial charge in [-0.15, -0.1) is 10.2 Å². The van der Waals surface area contributed by atoms with Crippen molar-refractivity contribution in [3.63, 3.8) is 0 Å². The van der Waals surface area contributed by atoms with Crippen LogP contribution in [0.25, 0.3) is 22.3 Å². The molecule has 0 radical (unpaired) electrons. The molecule has 1 aliphatic heterocycles. The third-order valence-electron chi connectivity index (χ3n) is 5.28. The fraction of sp³-hybridized carbons (Fsp3) is 0.500. The quantitative estimate of drug-likeness (QED) is 0.760. The van der Waals surface area contributed by atoms with E-state index in [1.165, 1.54) is 0 Å². The number of anilines is 1. The van der Waals surface area contributed by atoms with Crippen molar-refractivity contribution in [1.82, 2.24) is 25.8 Å². The van der Waals surface area contributed by atoms with E-state index in [9.17, 15) is 0 Å². The zero-order valence-electron chi connectivity index (χ0n) is 16.5. The van der Waals surface area contributed by atoms with E-state index in [0.717, 1.165) is 41.0 Å². The summed E-state index contributed by atoms with van der Waals surface area (Å²) in [5.41, 5.74) is 3.39. The second-order valence-electron chi connectivity index (χ2n) is 8.81. The maximum atomic E-state index is 4.76. The Kier molecular flexibility index (Phi) is 4.14. The number of benzene rings is 1. The Labute approximate surface area is 159 Å². The summed E-state index contributed by atoms with van der Waals surface area (Å²) in [6.45, 7) is 9.05. The standard InChI is InChI=1S/C20H26N6O/c1-19(2)11-14(12-20(3,4)25-19)26(5)18-9-8-15(21-22-18)13-6-7-16-17(10-13)24-27-23-16/h6-10,14,25H,11-12H2,1-5H3. The van der Waals surface area contributed by atoms with Gasteiger partial charge in [0.1, 0.15) is 11.0 Å². The van der Waals surface area contributed by atoms with Gasteiger partial charge in [-0.2, -0.15) is 0 Å². The fourth-order valence-electron chi connectivity index (χ4n) is 4.34. The van der Waals surface area contributed by atoms with Crippen molar-refractivity contribution >= 4 is 16.9 Å². The number of hydrogen-bond acceptors (Lipinski definition) is 7. The van der Waals surface area contributed by atoms with Crippen LogP contribution in [0.4, 0.5) is 5.82 Å². The first-order valence-corrected chi connectivity index (χ1v) is 9.31. The normalized spacial score (nSPS) is 19.3. The Morgan fingerprint density at radius 2 is 1.67 bits per heavy atom. The highest BCUT2D eigenvalue weighted by Crippen LogP contribution is 2.32. The first-order chi connectivity index (χ1) is 12.7. The maximum absolute atomic E-state index is 4.76. The molecular formula is C20H26N6O. The van der Waals surface area contributed by atoms with E-state index >= 15 is 0 Å². The van der Waals surface area contributed by atoms with Gasteiger partial charge in [0.25, 0.3) is 0 Å². The molecule has 7 nitrogen and oxygen atoms in total. The van der Waals surface area contributed by atoms with E-state index in [1.807, 2.05) is 30.3 Å². The number of nitrogens with zero attached hydrogens (tertiary/aromatic N) is 5. The van der Waals surface area contributed by atoms with Gasteiger partial charge in [-0.05, 0) is 75.1 Å². The monoisotopic (exact) mass is 366 g/mol. The molecule has 0 amide bonds. The SMILES string of the molecule is CN(c1ccc(-c2ccc3nonc3c2)nn1)C1CC(C)(C)NC(C)(C)C1. The van der Waals surface area contributed by atoms with E-state index in [-0.39, 0.29) is 11.1 Å². The van der Waals surface area contributed by atoms with Crippen molar-refractivity contribution in [2.24, 2.45) is 0 Å². The van der Waals surface area contributed by atoms with Crippen LogP contribution in [0.3, 0.4) is 0 Å². The van der Waals surface area contributed by atoms with Crippen LogP contribution in [0.15, 0.2) is 35.0 Å². The molecule has 1 aliphatic rings. The molecule has 1 fully saturated rings. The number of aromatic nitrogens is 4. The lowest BCUT2D eigenvalue weighted by molar-refractivity contribution is 0.160. The Hall–Kier alpha value is -2.54. The maximum Gasteiger partial charge on any atom is 0.151 e. The number of rotatable bonds is 3. The van der Waals surface area contributed by atoms with Gasteiger partial charge < -0.3 is 10.2 Å². The van der Waals surface area contributed by atoms with Gasteiger partial charge in [0.2, 0.25) is 0 Å². The van der Waals surface area contributed by atoms with Crippen LogP contribution in [-0.2, 0) is 0 Å². The van der Waals surface area contributed by atoms with E-state index < -0.39 is 0 Å². The van der Waals surface area contributed by atoms with Crippen molar-refractivity contribution in [2.75, 3.05) is 11.9 Å². The Morgan fingerprint density at radius 1 is 0.963 bits per heavy atom. The molecule has 0 atom stereocenters. The second-order valence-corrected chi connectivity index (χ2v) is 8.81. The van der Waals surface area contributed by atoms with Crippen LogP contribution < -0.4 is 10.2 Å². The lowest BCUT2D eigenvalue weighted by Crippen LogP contribution is -2.62. The van der Waals surface area contributed by atoms with E-state index in [2.05, 4.69) is 65.5 Å². The van der Waals surface area contributed by atoms with E-state index in [0.29, 0.717) is 6.04 Å². The third-order valence-corrected chi connectivity index (χ3v) is 5.28. The van der Waals surface area contributed by atoms with Crippen molar-refractivity contribution in [1.29, 1.82) is 0 Å². The summed E-state index contributed by atoms with van der Waals surface area (Å²) in [6, 6.07) is 10.2. The first-order valence-electron chi connectivity index (χ1n) is 9.31. The van der Waals surface area contributed by atoms with Gasteiger partial charge in [-0.3, -0.25) is 0 Å². The Balaban J connectivity index is 1.56. The predicted octanol–water partition coefficient (Wildman–Crippen LogP) is 3.43. The van der Waals surface area contributed by atoms with Crippen molar-refractivity contribution in [3.05, 3.63) is 30.3 Å². The summed E-state index contributed by atoms with van der Waals surface area (Å²) >= 11 is 0. The molecule has 27 heavy (non-hydrogen) atoms. The molecule has 1 aromatic carbocycles. The van der Waals surface area contributed by atoms with Crippen LogP contribution >= 0.6 is 0 Å². The molecule has 1 N–H and O–H groups in total. The zero-order chi connectivity index (χ0) is 19.2. The fourth-order valence-corrected chi connectivity index (χ4v) is 4.34. The van der Waals surface area contributed by atoms with Crippen LogP contribution in [0.1, 0.15) is 40.5 Å². The van der Waals surface area contributed by atoms with Gasteiger partial charge in [0, 0.05) is 29.7 Å². The largest absolute Gasteiger partial charge is 0.355 e. The van der Waals surface area contributed by atoms with Gasteiger partial charge in [-0.1, -0.05) is 6.07 Å². The predicted molar refractivity (Wildman–Crippen MR) is 106 cm³/mol. The highest BCUT2D eigenvalue weighted by molar-refractivity contribution is 5.79. The van der Waals surface area contributed by atoms with E-state index in [1.54, 1.807) is 0 Å². The van der Waals surface area contributed by atoms with Gasteiger partial charge >= 0.3 is 0 Å². The first kappa shape index (κ1) is 17.9. The molecule has 4 rings (SSSR count). The molecule has 3 heterocycles. The number of fused-ring (bicyclic) bond motifs is 1. The molecule has 1 saturated heterocycles. The number of piperidine rings is 1. The average molecular weight is 366 g/mol. The topological polar surface area (TPSA) is 80.0 Å². The third kappa shape index (κ3) is 3.64. The lowest BCUT2D eigenvalue weighted by atomic mass is 9.79. The zero-order valence-corrected chi connectivity index (χ0v) is 16.5. The Morgan fingerprint density at radius 3 is 2.33 bits per heavy atom. The minimum absolute atomic E-state index is 0.0923. The molecule has 0 bridgehead atoms. The summed E-state index contributed by atoms with van der Waals surface area (Å²) in [6.07, 6.45) is 2.12. The van der Waals surface area contributed by atoms with Gasteiger partial charge in [0.05, 0.1) is 5.69 Å². The van der Waals surface area contributed by atoms with Crippen LogP contribution in [-0.4, -0.2) is 44.7 Å². The van der Waals surface area contributed by atoms with Crippen LogP contribution in [0.2, 0.25) is 0 Å². The minimum Gasteiger partial charge on any atom is -0.355 e. The van der Waals surface area contributed by atoms with Gasteiger partial charge in [-0.25, -0.2) is 4.63 Å². The molecule has 0 spiro atoms. The van der Waals surface area contributed by atoms with Crippen molar-refractivity contribution in [2.45, 2.75) is 57.7 Å². The van der Waals surface area contributed by atoms with E-state index in [4.69, 9.17) is 4.63 Å². The summed E-state index contributed by atoms with van der Waals surface area (Å²) in [5.74, 6) is 0.890. The van der Waals surface area contributed by atoms with Crippen molar-refractivity contribution < 1.29 is 4.63 Å². The summed E-state index contributed by atoms with van der Waals surface area (Å²) < 4.78 is 4.76. The second kappa shape index (κ2) is 6.27. The molecule has 3 aromatic rings. The lowest BCUT2D eigenvalue weighted by Gasteiger charge is -2.49. The molecule has 7 heteroatoms. The summed E-state index contributed by atoms with van der Waals surface area (Å²) in [7, 11) is 2.11. The molecule has 0 aliphatic carbocycles.